The summed E-state index contributed by atoms with van der Waals surface area (Å²) in [6.45, 7) is 6.27. The van der Waals surface area contributed by atoms with Gasteiger partial charge in [-0.2, -0.15) is 0 Å². The highest BCUT2D eigenvalue weighted by Crippen LogP contribution is 2.35. The Balaban J connectivity index is 2.11. The summed E-state index contributed by atoms with van der Waals surface area (Å²) in [6, 6.07) is 8.01. The topological polar surface area (TPSA) is 27.7 Å². The van der Waals surface area contributed by atoms with Crippen molar-refractivity contribution in [1.29, 1.82) is 0 Å². The standard InChI is InChI=1S/C14H20O3/c1-3-9-15-13-7-5-12(6-8-13)14(4-2)16-10-11-17-14/h5-8H,3-4,9-11H2,1-2H3. The molecule has 2 rings (SSSR count). The third-order valence-electron chi connectivity index (χ3n) is 2.99. The number of rotatable bonds is 5. The minimum Gasteiger partial charge on any atom is -0.494 e. The van der Waals surface area contributed by atoms with Crippen LogP contribution in [0.3, 0.4) is 0 Å². The molecular formula is C14H20O3. The molecule has 0 atom stereocenters. The third kappa shape index (κ3) is 2.61. The summed E-state index contributed by atoms with van der Waals surface area (Å²) in [7, 11) is 0. The van der Waals surface area contributed by atoms with Gasteiger partial charge in [0.05, 0.1) is 19.8 Å². The van der Waals surface area contributed by atoms with Crippen molar-refractivity contribution in [3.8, 4) is 5.75 Å². The fourth-order valence-electron chi connectivity index (χ4n) is 2.05. The zero-order valence-electron chi connectivity index (χ0n) is 10.6. The maximum Gasteiger partial charge on any atom is 0.194 e. The normalized spacial score (nSPS) is 18.2. The molecule has 0 spiro atoms. The van der Waals surface area contributed by atoms with Crippen LogP contribution in [0.2, 0.25) is 0 Å². The molecule has 0 bridgehead atoms. The summed E-state index contributed by atoms with van der Waals surface area (Å²) < 4.78 is 17.0. The van der Waals surface area contributed by atoms with Crippen molar-refractivity contribution in [1.82, 2.24) is 0 Å². The van der Waals surface area contributed by atoms with Crippen LogP contribution in [0.15, 0.2) is 24.3 Å². The van der Waals surface area contributed by atoms with Gasteiger partial charge >= 0.3 is 0 Å². The first-order valence-electron chi connectivity index (χ1n) is 6.32. The Kier molecular flexibility index (Phi) is 4.02. The molecule has 1 aliphatic heterocycles. The van der Waals surface area contributed by atoms with Gasteiger partial charge in [-0.25, -0.2) is 0 Å². The van der Waals surface area contributed by atoms with E-state index < -0.39 is 5.79 Å². The van der Waals surface area contributed by atoms with Crippen LogP contribution >= 0.6 is 0 Å². The van der Waals surface area contributed by atoms with Crippen LogP contribution in [0, 0.1) is 0 Å². The average Bonchev–Trinajstić information content (AvgIpc) is 2.87. The highest BCUT2D eigenvalue weighted by Gasteiger charge is 2.36. The van der Waals surface area contributed by atoms with Crippen molar-refractivity contribution in [2.45, 2.75) is 32.5 Å². The van der Waals surface area contributed by atoms with Crippen molar-refractivity contribution in [2.75, 3.05) is 19.8 Å². The van der Waals surface area contributed by atoms with Crippen LogP contribution in [0.5, 0.6) is 5.75 Å². The summed E-state index contributed by atoms with van der Waals surface area (Å²) in [5, 5.41) is 0. The molecule has 3 nitrogen and oxygen atoms in total. The molecule has 0 aliphatic carbocycles. The molecule has 1 aliphatic rings. The van der Waals surface area contributed by atoms with E-state index in [1.54, 1.807) is 0 Å². The van der Waals surface area contributed by atoms with Crippen LogP contribution in [0.4, 0.5) is 0 Å². The summed E-state index contributed by atoms with van der Waals surface area (Å²) in [5.41, 5.74) is 1.07. The summed E-state index contributed by atoms with van der Waals surface area (Å²) in [5.74, 6) is 0.364. The Bertz CT molecular complexity index is 339. The molecule has 3 heteroatoms. The van der Waals surface area contributed by atoms with Crippen molar-refractivity contribution in [3.05, 3.63) is 29.8 Å². The molecule has 1 aromatic carbocycles. The van der Waals surface area contributed by atoms with Crippen LogP contribution in [0.1, 0.15) is 32.3 Å². The van der Waals surface area contributed by atoms with E-state index >= 15 is 0 Å². The van der Waals surface area contributed by atoms with E-state index in [2.05, 4.69) is 13.8 Å². The molecule has 0 radical (unpaired) electrons. The summed E-state index contributed by atoms with van der Waals surface area (Å²) in [6.07, 6.45) is 1.84. The van der Waals surface area contributed by atoms with E-state index in [0.717, 1.165) is 30.8 Å². The van der Waals surface area contributed by atoms with Crippen LogP contribution in [0.25, 0.3) is 0 Å². The number of hydrogen-bond donors (Lipinski definition) is 0. The second-order valence-corrected chi connectivity index (χ2v) is 4.18. The molecule has 1 aromatic rings. The van der Waals surface area contributed by atoms with Gasteiger partial charge in [-0.05, 0) is 30.7 Å². The first-order chi connectivity index (χ1) is 8.30. The van der Waals surface area contributed by atoms with Crippen molar-refractivity contribution in [3.63, 3.8) is 0 Å². The lowest BCUT2D eigenvalue weighted by Crippen LogP contribution is -2.25. The van der Waals surface area contributed by atoms with Crippen molar-refractivity contribution >= 4 is 0 Å². The molecule has 1 saturated heterocycles. The second-order valence-electron chi connectivity index (χ2n) is 4.18. The Morgan fingerprint density at radius 1 is 1.12 bits per heavy atom. The van der Waals surface area contributed by atoms with E-state index in [4.69, 9.17) is 14.2 Å². The lowest BCUT2D eigenvalue weighted by atomic mass is 10.0. The molecule has 0 N–H and O–H groups in total. The maximum atomic E-state index is 5.73. The quantitative estimate of drug-likeness (QED) is 0.786. The molecule has 0 amide bonds. The SMILES string of the molecule is CCCOc1ccc(C2(CC)OCCO2)cc1. The first kappa shape index (κ1) is 12.4. The fraction of sp³-hybridized carbons (Fsp3) is 0.571. The lowest BCUT2D eigenvalue weighted by Gasteiger charge is -2.26. The average molecular weight is 236 g/mol. The minimum atomic E-state index is -0.538. The Morgan fingerprint density at radius 3 is 2.29 bits per heavy atom. The Labute approximate surface area is 103 Å². The van der Waals surface area contributed by atoms with Gasteiger partial charge in [-0.1, -0.05) is 13.8 Å². The van der Waals surface area contributed by atoms with Gasteiger partial charge in [0, 0.05) is 12.0 Å². The predicted octanol–water partition coefficient (Wildman–Crippen LogP) is 3.09. The van der Waals surface area contributed by atoms with Crippen molar-refractivity contribution in [2.24, 2.45) is 0 Å². The van der Waals surface area contributed by atoms with Gasteiger partial charge in [-0.15, -0.1) is 0 Å². The van der Waals surface area contributed by atoms with Gasteiger partial charge in [0.2, 0.25) is 0 Å². The van der Waals surface area contributed by atoms with E-state index in [1.807, 2.05) is 24.3 Å². The van der Waals surface area contributed by atoms with Gasteiger partial charge < -0.3 is 14.2 Å². The number of benzene rings is 1. The molecule has 0 saturated carbocycles. The van der Waals surface area contributed by atoms with Gasteiger partial charge in [0.25, 0.3) is 0 Å². The summed E-state index contributed by atoms with van der Waals surface area (Å²) in [4.78, 5) is 0. The van der Waals surface area contributed by atoms with E-state index in [1.165, 1.54) is 0 Å². The highest BCUT2D eigenvalue weighted by molar-refractivity contribution is 5.30. The first-order valence-corrected chi connectivity index (χ1v) is 6.32. The van der Waals surface area contributed by atoms with E-state index in [9.17, 15) is 0 Å². The molecule has 0 aromatic heterocycles. The second kappa shape index (κ2) is 5.52. The molecule has 1 fully saturated rings. The fourth-order valence-corrected chi connectivity index (χ4v) is 2.05. The zero-order chi connectivity index (χ0) is 12.1. The van der Waals surface area contributed by atoms with Crippen LogP contribution in [-0.4, -0.2) is 19.8 Å². The van der Waals surface area contributed by atoms with Crippen LogP contribution < -0.4 is 4.74 Å². The molecule has 1 heterocycles. The van der Waals surface area contributed by atoms with Gasteiger partial charge in [0.1, 0.15) is 5.75 Å². The Hall–Kier alpha value is -1.06. The Morgan fingerprint density at radius 2 is 1.76 bits per heavy atom. The molecule has 94 valence electrons. The largest absolute Gasteiger partial charge is 0.494 e. The lowest BCUT2D eigenvalue weighted by molar-refractivity contribution is -0.167. The zero-order valence-corrected chi connectivity index (χ0v) is 10.6. The minimum absolute atomic E-state index is 0.538. The van der Waals surface area contributed by atoms with E-state index in [0.29, 0.717) is 13.2 Å². The monoisotopic (exact) mass is 236 g/mol. The summed E-state index contributed by atoms with van der Waals surface area (Å²) >= 11 is 0. The molecule has 0 unspecified atom stereocenters. The van der Waals surface area contributed by atoms with E-state index in [-0.39, 0.29) is 0 Å². The van der Waals surface area contributed by atoms with Crippen molar-refractivity contribution < 1.29 is 14.2 Å². The molecular weight excluding hydrogens is 216 g/mol. The number of hydrogen-bond acceptors (Lipinski definition) is 3. The molecule has 17 heavy (non-hydrogen) atoms. The highest BCUT2D eigenvalue weighted by atomic mass is 16.7. The third-order valence-corrected chi connectivity index (χ3v) is 2.99. The van der Waals surface area contributed by atoms with Gasteiger partial charge in [-0.3, -0.25) is 0 Å². The number of ether oxygens (including phenoxy) is 3. The van der Waals surface area contributed by atoms with Gasteiger partial charge in [0.15, 0.2) is 5.79 Å². The maximum absolute atomic E-state index is 5.73. The van der Waals surface area contributed by atoms with Crippen LogP contribution in [-0.2, 0) is 15.3 Å². The smallest absolute Gasteiger partial charge is 0.194 e. The predicted molar refractivity (Wildman–Crippen MR) is 66.1 cm³/mol.